The maximum atomic E-state index is 12.3. The second-order valence-corrected chi connectivity index (χ2v) is 6.78. The van der Waals surface area contributed by atoms with Crippen molar-refractivity contribution in [2.45, 2.75) is 31.2 Å². The summed E-state index contributed by atoms with van der Waals surface area (Å²) in [6.45, 7) is 3.18. The molecule has 1 unspecified atom stereocenters. The zero-order chi connectivity index (χ0) is 16.2. The lowest BCUT2D eigenvalue weighted by molar-refractivity contribution is -0.114. The molecule has 1 atom stereocenters. The molecule has 1 aromatic heterocycles. The molecule has 0 radical (unpaired) electrons. The third-order valence-electron chi connectivity index (χ3n) is 2.96. The van der Waals surface area contributed by atoms with E-state index in [1.165, 1.54) is 19.1 Å². The van der Waals surface area contributed by atoms with Crippen LogP contribution in [0.2, 0.25) is 0 Å². The SMILES string of the molecule is CC(=O)Nc1ccc(S(=O)(=O)NC(C)Cc2ccoc2)cc1. The molecule has 2 rings (SSSR count). The fourth-order valence-electron chi connectivity index (χ4n) is 2.06. The molecule has 0 saturated carbocycles. The number of amides is 1. The number of furan rings is 1. The average Bonchev–Trinajstić information content (AvgIpc) is 2.90. The molecule has 0 spiro atoms. The lowest BCUT2D eigenvalue weighted by Gasteiger charge is -2.13. The third kappa shape index (κ3) is 4.44. The van der Waals surface area contributed by atoms with Crippen LogP contribution in [0.5, 0.6) is 0 Å². The molecule has 0 fully saturated rings. The topological polar surface area (TPSA) is 88.4 Å². The van der Waals surface area contributed by atoms with Gasteiger partial charge in [-0.25, -0.2) is 13.1 Å². The summed E-state index contributed by atoms with van der Waals surface area (Å²) in [4.78, 5) is 11.1. The van der Waals surface area contributed by atoms with E-state index in [4.69, 9.17) is 4.42 Å². The van der Waals surface area contributed by atoms with Crippen LogP contribution in [-0.4, -0.2) is 20.4 Å². The highest BCUT2D eigenvalue weighted by atomic mass is 32.2. The van der Waals surface area contributed by atoms with Crippen LogP contribution >= 0.6 is 0 Å². The Labute approximate surface area is 129 Å². The summed E-state index contributed by atoms with van der Waals surface area (Å²) in [5, 5.41) is 2.59. The standard InChI is InChI=1S/C15H18N2O4S/c1-11(9-13-7-8-21-10-13)17-22(19,20)15-5-3-14(4-6-15)16-12(2)18/h3-8,10-11,17H,9H2,1-2H3,(H,16,18). The molecule has 0 saturated heterocycles. The summed E-state index contributed by atoms with van der Waals surface area (Å²) in [6, 6.07) is 7.55. The zero-order valence-electron chi connectivity index (χ0n) is 12.4. The van der Waals surface area contributed by atoms with Gasteiger partial charge in [0, 0.05) is 18.7 Å². The van der Waals surface area contributed by atoms with Crippen molar-refractivity contribution in [1.82, 2.24) is 4.72 Å². The Kier molecular flexibility index (Phi) is 4.99. The van der Waals surface area contributed by atoms with E-state index >= 15 is 0 Å². The van der Waals surface area contributed by atoms with Gasteiger partial charge in [-0.1, -0.05) is 0 Å². The first kappa shape index (κ1) is 16.3. The maximum absolute atomic E-state index is 12.3. The van der Waals surface area contributed by atoms with E-state index in [1.807, 2.05) is 0 Å². The van der Waals surface area contributed by atoms with Crippen molar-refractivity contribution in [2.75, 3.05) is 5.32 Å². The molecule has 0 aliphatic heterocycles. The molecule has 0 bridgehead atoms. The molecule has 2 N–H and O–H groups in total. The Bertz CT molecular complexity index is 721. The van der Waals surface area contributed by atoms with Gasteiger partial charge in [-0.3, -0.25) is 4.79 Å². The highest BCUT2D eigenvalue weighted by Gasteiger charge is 2.17. The number of hydrogen-bond acceptors (Lipinski definition) is 4. The van der Waals surface area contributed by atoms with E-state index in [0.29, 0.717) is 12.1 Å². The van der Waals surface area contributed by atoms with Crippen molar-refractivity contribution in [3.05, 3.63) is 48.4 Å². The first-order valence-corrected chi connectivity index (χ1v) is 8.26. The van der Waals surface area contributed by atoms with Gasteiger partial charge in [-0.05, 0) is 49.2 Å². The first-order chi connectivity index (χ1) is 10.4. The predicted octanol–water partition coefficient (Wildman–Crippen LogP) is 2.15. The Morgan fingerprint density at radius 2 is 1.91 bits per heavy atom. The van der Waals surface area contributed by atoms with Crippen molar-refractivity contribution >= 4 is 21.6 Å². The highest BCUT2D eigenvalue weighted by Crippen LogP contribution is 2.15. The van der Waals surface area contributed by atoms with Crippen LogP contribution in [0.1, 0.15) is 19.4 Å². The smallest absolute Gasteiger partial charge is 0.240 e. The molecular formula is C15H18N2O4S. The summed E-state index contributed by atoms with van der Waals surface area (Å²) < 4.78 is 32.1. The Morgan fingerprint density at radius 3 is 2.45 bits per heavy atom. The van der Waals surface area contributed by atoms with Gasteiger partial charge in [0.25, 0.3) is 0 Å². The molecule has 1 aromatic carbocycles. The minimum Gasteiger partial charge on any atom is -0.472 e. The van der Waals surface area contributed by atoms with Crippen molar-refractivity contribution in [3.63, 3.8) is 0 Å². The molecular weight excluding hydrogens is 304 g/mol. The summed E-state index contributed by atoms with van der Waals surface area (Å²) >= 11 is 0. The number of nitrogens with one attached hydrogen (secondary N) is 2. The molecule has 22 heavy (non-hydrogen) atoms. The lowest BCUT2D eigenvalue weighted by Crippen LogP contribution is -2.34. The average molecular weight is 322 g/mol. The number of benzene rings is 1. The van der Waals surface area contributed by atoms with Crippen molar-refractivity contribution in [1.29, 1.82) is 0 Å². The zero-order valence-corrected chi connectivity index (χ0v) is 13.2. The second kappa shape index (κ2) is 6.76. The first-order valence-electron chi connectivity index (χ1n) is 6.78. The second-order valence-electron chi connectivity index (χ2n) is 5.06. The van der Waals surface area contributed by atoms with Crippen LogP contribution in [-0.2, 0) is 21.2 Å². The van der Waals surface area contributed by atoms with Gasteiger partial charge < -0.3 is 9.73 Å². The van der Waals surface area contributed by atoms with Gasteiger partial charge in [0.15, 0.2) is 0 Å². The summed E-state index contributed by atoms with van der Waals surface area (Å²) in [6.07, 6.45) is 3.68. The number of rotatable bonds is 6. The quantitative estimate of drug-likeness (QED) is 0.853. The van der Waals surface area contributed by atoms with Crippen LogP contribution in [0.25, 0.3) is 0 Å². The molecule has 1 heterocycles. The van der Waals surface area contributed by atoms with Crippen LogP contribution < -0.4 is 10.0 Å². The molecule has 0 aliphatic carbocycles. The van der Waals surface area contributed by atoms with Gasteiger partial charge in [-0.15, -0.1) is 0 Å². The number of carbonyl (C=O) groups is 1. The minimum atomic E-state index is -3.60. The Hall–Kier alpha value is -2.12. The largest absolute Gasteiger partial charge is 0.472 e. The molecule has 1 amide bonds. The van der Waals surface area contributed by atoms with Crippen molar-refractivity contribution < 1.29 is 17.6 Å². The third-order valence-corrected chi connectivity index (χ3v) is 4.57. The van der Waals surface area contributed by atoms with Gasteiger partial charge in [0.05, 0.1) is 17.4 Å². The van der Waals surface area contributed by atoms with Gasteiger partial charge in [0.2, 0.25) is 15.9 Å². The fraction of sp³-hybridized carbons (Fsp3) is 0.267. The molecule has 118 valence electrons. The molecule has 0 aliphatic rings. The minimum absolute atomic E-state index is 0.153. The Balaban J connectivity index is 2.04. The van der Waals surface area contributed by atoms with Crippen LogP contribution in [0.15, 0.2) is 52.2 Å². The van der Waals surface area contributed by atoms with Crippen molar-refractivity contribution in [2.24, 2.45) is 0 Å². The van der Waals surface area contributed by atoms with Crippen molar-refractivity contribution in [3.8, 4) is 0 Å². The van der Waals surface area contributed by atoms with Crippen LogP contribution in [0, 0.1) is 0 Å². The molecule has 6 nitrogen and oxygen atoms in total. The summed E-state index contributed by atoms with van der Waals surface area (Å²) in [7, 11) is -3.60. The normalized spacial score (nSPS) is 12.8. The molecule has 7 heteroatoms. The van der Waals surface area contributed by atoms with E-state index in [2.05, 4.69) is 10.0 Å². The van der Waals surface area contributed by atoms with E-state index < -0.39 is 10.0 Å². The fourth-order valence-corrected chi connectivity index (χ4v) is 3.30. The summed E-state index contributed by atoms with van der Waals surface area (Å²) in [5.74, 6) is -0.206. The number of carbonyl (C=O) groups excluding carboxylic acids is 1. The van der Waals surface area contributed by atoms with Gasteiger partial charge >= 0.3 is 0 Å². The maximum Gasteiger partial charge on any atom is 0.240 e. The Morgan fingerprint density at radius 1 is 1.23 bits per heavy atom. The predicted molar refractivity (Wildman–Crippen MR) is 82.9 cm³/mol. The van der Waals surface area contributed by atoms with Gasteiger partial charge in [-0.2, -0.15) is 0 Å². The van der Waals surface area contributed by atoms with Crippen LogP contribution in [0.4, 0.5) is 5.69 Å². The lowest BCUT2D eigenvalue weighted by atomic mass is 10.1. The van der Waals surface area contributed by atoms with E-state index in [-0.39, 0.29) is 16.8 Å². The van der Waals surface area contributed by atoms with E-state index in [0.717, 1.165) is 5.56 Å². The number of sulfonamides is 1. The van der Waals surface area contributed by atoms with E-state index in [9.17, 15) is 13.2 Å². The summed E-state index contributed by atoms with van der Waals surface area (Å²) in [5.41, 5.74) is 1.48. The van der Waals surface area contributed by atoms with E-state index in [1.54, 1.807) is 37.6 Å². The molecule has 2 aromatic rings. The van der Waals surface area contributed by atoms with Gasteiger partial charge in [0.1, 0.15) is 0 Å². The monoisotopic (exact) mass is 322 g/mol. The number of anilines is 1. The number of hydrogen-bond donors (Lipinski definition) is 2. The highest BCUT2D eigenvalue weighted by molar-refractivity contribution is 7.89. The van der Waals surface area contributed by atoms with Crippen LogP contribution in [0.3, 0.4) is 0 Å².